The molecule has 23 heavy (non-hydrogen) atoms. The van der Waals surface area contributed by atoms with E-state index in [1.54, 1.807) is 11.3 Å². The number of ether oxygens (including phenoxy) is 2. The van der Waals surface area contributed by atoms with Crippen molar-refractivity contribution >= 4 is 29.0 Å². The van der Waals surface area contributed by atoms with Crippen LogP contribution in [0.3, 0.4) is 0 Å². The SMILES string of the molecule is CC(C)(C)OC(=O)NC1C2CCOC2C1NCc1ccc(Cl)s1. The minimum Gasteiger partial charge on any atom is -0.444 e. The van der Waals surface area contributed by atoms with Gasteiger partial charge in [-0.3, -0.25) is 0 Å². The zero-order chi connectivity index (χ0) is 16.6. The number of hydrogen-bond acceptors (Lipinski definition) is 5. The minimum absolute atomic E-state index is 0.0489. The van der Waals surface area contributed by atoms with Crippen LogP contribution in [0.4, 0.5) is 4.79 Å². The number of hydrogen-bond donors (Lipinski definition) is 2. The van der Waals surface area contributed by atoms with Gasteiger partial charge < -0.3 is 20.1 Å². The molecule has 0 radical (unpaired) electrons. The van der Waals surface area contributed by atoms with E-state index < -0.39 is 5.60 Å². The predicted octanol–water partition coefficient (Wildman–Crippen LogP) is 3.17. The van der Waals surface area contributed by atoms with Crippen LogP contribution in [0.25, 0.3) is 0 Å². The molecule has 1 aromatic heterocycles. The Morgan fingerprint density at radius 2 is 2.22 bits per heavy atom. The highest BCUT2D eigenvalue weighted by Gasteiger charge is 2.54. The van der Waals surface area contributed by atoms with Gasteiger partial charge in [0.2, 0.25) is 0 Å². The molecule has 0 bridgehead atoms. The third-order valence-corrected chi connectivity index (χ3v) is 5.44. The van der Waals surface area contributed by atoms with Gasteiger partial charge in [0.15, 0.2) is 0 Å². The van der Waals surface area contributed by atoms with Crippen molar-refractivity contribution in [3.8, 4) is 0 Å². The Hall–Kier alpha value is -0.820. The summed E-state index contributed by atoms with van der Waals surface area (Å²) in [6.07, 6.45) is 0.790. The molecule has 2 heterocycles. The van der Waals surface area contributed by atoms with Crippen LogP contribution in [-0.2, 0) is 16.0 Å². The van der Waals surface area contributed by atoms with Crippen molar-refractivity contribution < 1.29 is 14.3 Å². The highest BCUT2D eigenvalue weighted by Crippen LogP contribution is 2.39. The Balaban J connectivity index is 1.57. The molecule has 1 aliphatic carbocycles. The fourth-order valence-corrected chi connectivity index (χ4v) is 4.29. The molecule has 3 rings (SSSR count). The van der Waals surface area contributed by atoms with E-state index in [4.69, 9.17) is 21.1 Å². The second kappa shape index (κ2) is 6.59. The Kier molecular flexibility index (Phi) is 4.88. The summed E-state index contributed by atoms with van der Waals surface area (Å²) in [4.78, 5) is 13.2. The number of fused-ring (bicyclic) bond motifs is 1. The molecule has 4 unspecified atom stereocenters. The second-order valence-electron chi connectivity index (χ2n) is 7.07. The number of thiophene rings is 1. The van der Waals surface area contributed by atoms with Gasteiger partial charge in [0.25, 0.3) is 0 Å². The maximum absolute atomic E-state index is 12.1. The molecule has 2 aliphatic rings. The van der Waals surface area contributed by atoms with Gasteiger partial charge in [0.05, 0.1) is 22.5 Å². The summed E-state index contributed by atoms with van der Waals surface area (Å²) < 4.78 is 12.0. The maximum atomic E-state index is 12.1. The molecule has 0 spiro atoms. The maximum Gasteiger partial charge on any atom is 0.407 e. The Morgan fingerprint density at radius 3 is 2.87 bits per heavy atom. The van der Waals surface area contributed by atoms with Crippen molar-refractivity contribution in [2.24, 2.45) is 5.92 Å². The molecular formula is C16H23ClN2O3S. The minimum atomic E-state index is -0.490. The smallest absolute Gasteiger partial charge is 0.407 e. The zero-order valence-electron chi connectivity index (χ0n) is 13.6. The Labute approximate surface area is 145 Å². The zero-order valence-corrected chi connectivity index (χ0v) is 15.2. The monoisotopic (exact) mass is 358 g/mol. The van der Waals surface area contributed by atoms with Crippen LogP contribution in [0.5, 0.6) is 0 Å². The molecule has 0 aromatic carbocycles. The fraction of sp³-hybridized carbons (Fsp3) is 0.688. The van der Waals surface area contributed by atoms with E-state index in [1.807, 2.05) is 32.9 Å². The van der Waals surface area contributed by atoms with E-state index in [2.05, 4.69) is 10.6 Å². The number of rotatable bonds is 4. The normalized spacial score (nSPS) is 29.7. The van der Waals surface area contributed by atoms with E-state index in [0.29, 0.717) is 5.92 Å². The highest BCUT2D eigenvalue weighted by molar-refractivity contribution is 7.16. The first-order valence-electron chi connectivity index (χ1n) is 7.92. The molecule has 1 aliphatic heterocycles. The van der Waals surface area contributed by atoms with Crippen molar-refractivity contribution in [2.75, 3.05) is 6.61 Å². The molecule has 1 saturated heterocycles. The Morgan fingerprint density at radius 1 is 1.43 bits per heavy atom. The summed E-state index contributed by atoms with van der Waals surface area (Å²) in [5, 5.41) is 6.50. The second-order valence-corrected chi connectivity index (χ2v) is 8.87. The Bertz CT molecular complexity index is 572. The third kappa shape index (κ3) is 3.99. The van der Waals surface area contributed by atoms with Gasteiger partial charge in [-0.1, -0.05) is 11.6 Å². The topological polar surface area (TPSA) is 59.6 Å². The molecule has 2 N–H and O–H groups in total. The number of alkyl carbamates (subject to hydrolysis) is 1. The summed E-state index contributed by atoms with van der Waals surface area (Å²) in [5.74, 6) is 0.368. The van der Waals surface area contributed by atoms with Gasteiger partial charge in [-0.05, 0) is 39.3 Å². The quantitative estimate of drug-likeness (QED) is 0.867. The first kappa shape index (κ1) is 17.0. The average molecular weight is 359 g/mol. The first-order valence-corrected chi connectivity index (χ1v) is 9.12. The van der Waals surface area contributed by atoms with Gasteiger partial charge in [0, 0.05) is 23.9 Å². The van der Waals surface area contributed by atoms with Crippen molar-refractivity contribution in [3.05, 3.63) is 21.3 Å². The lowest BCUT2D eigenvalue weighted by atomic mass is 9.71. The van der Waals surface area contributed by atoms with Crippen molar-refractivity contribution in [1.82, 2.24) is 10.6 Å². The van der Waals surface area contributed by atoms with Crippen LogP contribution in [0.2, 0.25) is 4.34 Å². The molecule has 4 atom stereocenters. The molecule has 7 heteroatoms. The van der Waals surface area contributed by atoms with Crippen LogP contribution in [0.1, 0.15) is 32.1 Å². The standard InChI is InChI=1S/C16H23ClN2O3S/c1-16(2,3)22-15(20)19-12-10-6-7-21-14(10)13(12)18-8-9-4-5-11(17)23-9/h4-5,10,12-14,18H,6-8H2,1-3H3,(H,19,20). The lowest BCUT2D eigenvalue weighted by Crippen LogP contribution is -2.70. The molecule has 1 aromatic rings. The van der Waals surface area contributed by atoms with E-state index in [0.717, 1.165) is 23.9 Å². The number of carbonyl (C=O) groups is 1. The van der Waals surface area contributed by atoms with E-state index >= 15 is 0 Å². The largest absolute Gasteiger partial charge is 0.444 e. The summed E-state index contributed by atoms with van der Waals surface area (Å²) in [6.45, 7) is 7.08. The number of halogens is 1. The molecule has 1 saturated carbocycles. The summed E-state index contributed by atoms with van der Waals surface area (Å²) in [5.41, 5.74) is -0.490. The van der Waals surface area contributed by atoms with Gasteiger partial charge >= 0.3 is 6.09 Å². The van der Waals surface area contributed by atoms with Crippen LogP contribution in [0, 0.1) is 5.92 Å². The molecule has 2 fully saturated rings. The van der Waals surface area contributed by atoms with Gasteiger partial charge in [-0.2, -0.15) is 0 Å². The number of nitrogens with one attached hydrogen (secondary N) is 2. The fourth-order valence-electron chi connectivity index (χ4n) is 3.26. The van der Waals surface area contributed by atoms with Crippen molar-refractivity contribution in [3.63, 3.8) is 0 Å². The summed E-state index contributed by atoms with van der Waals surface area (Å²) in [6, 6.07) is 4.07. The summed E-state index contributed by atoms with van der Waals surface area (Å²) >= 11 is 7.53. The molecule has 128 valence electrons. The first-order chi connectivity index (χ1) is 10.8. The van der Waals surface area contributed by atoms with Crippen LogP contribution < -0.4 is 10.6 Å². The highest BCUT2D eigenvalue weighted by atomic mass is 35.5. The predicted molar refractivity (Wildman–Crippen MR) is 91.0 cm³/mol. The van der Waals surface area contributed by atoms with Crippen LogP contribution in [0.15, 0.2) is 12.1 Å². The van der Waals surface area contributed by atoms with Gasteiger partial charge in [0.1, 0.15) is 5.60 Å². The van der Waals surface area contributed by atoms with Crippen molar-refractivity contribution in [2.45, 2.75) is 57.5 Å². The van der Waals surface area contributed by atoms with E-state index in [9.17, 15) is 4.79 Å². The van der Waals surface area contributed by atoms with Gasteiger partial charge in [-0.15, -0.1) is 11.3 Å². The van der Waals surface area contributed by atoms with Crippen LogP contribution in [-0.4, -0.2) is 36.5 Å². The van der Waals surface area contributed by atoms with Crippen LogP contribution >= 0.6 is 22.9 Å². The lowest BCUT2D eigenvalue weighted by Gasteiger charge is -2.48. The van der Waals surface area contributed by atoms with E-state index in [1.165, 1.54) is 4.88 Å². The number of carbonyl (C=O) groups excluding carboxylic acids is 1. The number of amides is 1. The third-order valence-electron chi connectivity index (χ3n) is 4.21. The average Bonchev–Trinajstić information content (AvgIpc) is 3.02. The van der Waals surface area contributed by atoms with Crippen molar-refractivity contribution in [1.29, 1.82) is 0 Å². The molecule has 5 nitrogen and oxygen atoms in total. The molecular weight excluding hydrogens is 336 g/mol. The van der Waals surface area contributed by atoms with E-state index in [-0.39, 0.29) is 24.3 Å². The molecule has 1 amide bonds. The van der Waals surface area contributed by atoms with Gasteiger partial charge in [-0.25, -0.2) is 4.79 Å². The summed E-state index contributed by atoms with van der Waals surface area (Å²) in [7, 11) is 0. The lowest BCUT2D eigenvalue weighted by molar-refractivity contribution is -0.0343.